The maximum atomic E-state index is 4.16. The fourth-order valence-corrected chi connectivity index (χ4v) is 9.03. The summed E-state index contributed by atoms with van der Waals surface area (Å²) in [6.45, 7) is 60.2. The van der Waals surface area contributed by atoms with Crippen LogP contribution in [0.15, 0.2) is 200 Å². The molecule has 0 fully saturated rings. The van der Waals surface area contributed by atoms with Crippen LogP contribution < -0.4 is 0 Å². The highest BCUT2D eigenvalue weighted by Crippen LogP contribution is 2.52. The summed E-state index contributed by atoms with van der Waals surface area (Å²) in [5, 5.41) is 0. The van der Waals surface area contributed by atoms with E-state index < -0.39 is 0 Å². The van der Waals surface area contributed by atoms with Gasteiger partial charge in [0.1, 0.15) is 0 Å². The summed E-state index contributed by atoms with van der Waals surface area (Å²) in [5.74, 6) is 0.273. The summed E-state index contributed by atoms with van der Waals surface area (Å²) < 4.78 is 0. The summed E-state index contributed by atoms with van der Waals surface area (Å²) in [4.78, 5) is 0. The van der Waals surface area contributed by atoms with Crippen LogP contribution >= 0.6 is 0 Å². The van der Waals surface area contributed by atoms with Crippen molar-refractivity contribution in [3.8, 4) is 22.3 Å². The standard InChI is InChI=1S/C36H42.C20H20.C7H10.4C2H6/c1-12-17-27(18-13-2)24(7)25(8)30(15-4)26(9)28-19-20-32-33(22-28)36(10,11)34-21-23(6)29(14-3)31(16-5)35(32)34;1-5-15(3)18(6-2)20-16(4)11-10-14-19(20)17-12-8-7-9-13-17;1-7-5-3-2-4-6-7;4*1-2/h12-22,26H,1,3,5H2,2,4,6-11H3;5-14H,1-2H2,3-4H3;2-3,5H,4,6H2,1H3;4*1-2H3/b18-13-,25-24+,27-17+,30-15+;18-15+;;;;;. The number of rotatable bonds is 12. The van der Waals surface area contributed by atoms with E-state index in [1.807, 2.05) is 91.8 Å². The fraction of sp³-hybridized carbons (Fsp3) is 0.324. The Bertz CT molecular complexity index is 2570. The first-order valence-electron chi connectivity index (χ1n) is 26.5. The Kier molecular flexibility index (Phi) is 31.1. The summed E-state index contributed by atoms with van der Waals surface area (Å²) in [5.41, 5.74) is 24.2. The minimum Gasteiger partial charge on any atom is -0.0990 e. The predicted octanol–water partition coefficient (Wildman–Crippen LogP) is 22.9. The zero-order valence-electron chi connectivity index (χ0n) is 48.4. The first kappa shape index (κ1) is 64.8. The molecule has 1 unspecified atom stereocenters. The summed E-state index contributed by atoms with van der Waals surface area (Å²) in [6, 6.07) is 26.3. The van der Waals surface area contributed by atoms with E-state index in [9.17, 15) is 0 Å². The van der Waals surface area contributed by atoms with Crippen molar-refractivity contribution in [2.75, 3.05) is 0 Å². The smallest absolute Gasteiger partial charge is 0.0159 e. The van der Waals surface area contributed by atoms with E-state index in [0.29, 0.717) is 0 Å². The molecule has 0 aliphatic heterocycles. The molecule has 0 radical (unpaired) electrons. The Morgan fingerprint density at radius 3 is 1.76 bits per heavy atom. The zero-order chi connectivity index (χ0) is 54.4. The van der Waals surface area contributed by atoms with Crippen molar-refractivity contribution < 1.29 is 0 Å². The molecule has 0 saturated heterocycles. The van der Waals surface area contributed by atoms with Crippen LogP contribution in [0.2, 0.25) is 0 Å². The highest BCUT2D eigenvalue weighted by atomic mass is 14.4. The number of hydrogen-bond acceptors (Lipinski definition) is 0. The van der Waals surface area contributed by atoms with Crippen molar-refractivity contribution in [1.82, 2.24) is 0 Å². The SMILES string of the molecule is C=C/C(C)=C(\C=C)c1c(C)cccc1-c1ccccc1.C=C/C=C(\C=C/C)C(/C)=C(C)/C(=C\C)C(C)c1ccc2c(c1)C(C)(C)c1cc(C)c(C=C)c(C=C)c1-2.CC.CC.CC.CC.CC1=CC=CCC1. The maximum absolute atomic E-state index is 4.16. The maximum Gasteiger partial charge on any atom is 0.0159 e. The molecule has 71 heavy (non-hydrogen) atoms. The van der Waals surface area contributed by atoms with Crippen LogP contribution in [0.5, 0.6) is 0 Å². The lowest BCUT2D eigenvalue weighted by Crippen LogP contribution is -2.16. The Labute approximate surface area is 438 Å². The van der Waals surface area contributed by atoms with Gasteiger partial charge in [-0.15, -0.1) is 0 Å². The Morgan fingerprint density at radius 2 is 1.28 bits per heavy atom. The molecule has 2 aliphatic carbocycles. The molecule has 380 valence electrons. The van der Waals surface area contributed by atoms with E-state index in [0.717, 1.165) is 11.1 Å². The molecule has 0 N–H and O–H groups in total. The van der Waals surface area contributed by atoms with E-state index >= 15 is 0 Å². The van der Waals surface area contributed by atoms with Crippen molar-refractivity contribution in [2.45, 2.75) is 156 Å². The van der Waals surface area contributed by atoms with Crippen LogP contribution in [0.25, 0.3) is 40.0 Å². The molecule has 0 spiro atoms. The highest BCUT2D eigenvalue weighted by molar-refractivity contribution is 5.91. The van der Waals surface area contributed by atoms with Gasteiger partial charge in [0.15, 0.2) is 0 Å². The van der Waals surface area contributed by atoms with Gasteiger partial charge >= 0.3 is 0 Å². The average Bonchev–Trinajstić information content (AvgIpc) is 3.63. The van der Waals surface area contributed by atoms with Gasteiger partial charge in [0, 0.05) is 11.3 Å². The zero-order valence-corrected chi connectivity index (χ0v) is 48.4. The summed E-state index contributed by atoms with van der Waals surface area (Å²) in [6.07, 6.45) is 27.2. The lowest BCUT2D eigenvalue weighted by atomic mass is 9.79. The summed E-state index contributed by atoms with van der Waals surface area (Å²) >= 11 is 0. The highest BCUT2D eigenvalue weighted by Gasteiger charge is 2.38. The second kappa shape index (κ2) is 34.1. The average molecular weight is 950 g/mol. The quantitative estimate of drug-likeness (QED) is 0.124. The molecular formula is C71H96. The number of hydrogen-bond donors (Lipinski definition) is 0. The number of aryl methyl sites for hydroxylation is 2. The molecule has 0 heterocycles. The molecule has 0 nitrogen and oxygen atoms in total. The van der Waals surface area contributed by atoms with Crippen LogP contribution in [0, 0.1) is 13.8 Å². The molecule has 4 aromatic carbocycles. The number of allylic oxidation sites excluding steroid dienone is 17. The van der Waals surface area contributed by atoms with Gasteiger partial charge < -0.3 is 0 Å². The van der Waals surface area contributed by atoms with Crippen LogP contribution in [0.4, 0.5) is 0 Å². The largest absolute Gasteiger partial charge is 0.0990 e. The normalized spacial score (nSPS) is 13.8. The number of benzene rings is 4. The van der Waals surface area contributed by atoms with Crippen molar-refractivity contribution in [3.05, 3.63) is 244 Å². The van der Waals surface area contributed by atoms with Crippen LogP contribution in [-0.4, -0.2) is 0 Å². The second-order valence-corrected chi connectivity index (χ2v) is 17.2. The van der Waals surface area contributed by atoms with Gasteiger partial charge in [-0.05, 0) is 168 Å². The van der Waals surface area contributed by atoms with Gasteiger partial charge in [-0.3, -0.25) is 0 Å². The third-order valence-electron chi connectivity index (χ3n) is 12.8. The Balaban J connectivity index is 0.00000117. The topological polar surface area (TPSA) is 0 Å². The van der Waals surface area contributed by atoms with E-state index in [1.54, 1.807) is 0 Å². The Morgan fingerprint density at radius 1 is 0.662 bits per heavy atom. The van der Waals surface area contributed by atoms with Gasteiger partial charge in [-0.2, -0.15) is 0 Å². The number of fused-ring (bicyclic) bond motifs is 3. The van der Waals surface area contributed by atoms with Gasteiger partial charge in [0.05, 0.1) is 0 Å². The van der Waals surface area contributed by atoms with E-state index in [4.69, 9.17) is 0 Å². The fourth-order valence-electron chi connectivity index (χ4n) is 9.03. The lowest BCUT2D eigenvalue weighted by molar-refractivity contribution is 0.657. The van der Waals surface area contributed by atoms with E-state index in [2.05, 4.69) is 218 Å². The molecule has 0 saturated carbocycles. The minimum atomic E-state index is -0.0781. The van der Waals surface area contributed by atoms with E-state index in [-0.39, 0.29) is 11.3 Å². The lowest BCUT2D eigenvalue weighted by Gasteiger charge is -2.25. The monoisotopic (exact) mass is 949 g/mol. The van der Waals surface area contributed by atoms with Crippen molar-refractivity contribution in [2.24, 2.45) is 0 Å². The van der Waals surface area contributed by atoms with E-state index in [1.165, 1.54) is 107 Å². The molecule has 6 rings (SSSR count). The van der Waals surface area contributed by atoms with Crippen molar-refractivity contribution >= 4 is 17.7 Å². The predicted molar refractivity (Wildman–Crippen MR) is 330 cm³/mol. The molecule has 4 aromatic rings. The third kappa shape index (κ3) is 16.7. The van der Waals surface area contributed by atoms with Crippen LogP contribution in [0.3, 0.4) is 0 Å². The van der Waals surface area contributed by atoms with Gasteiger partial charge in [0.25, 0.3) is 0 Å². The van der Waals surface area contributed by atoms with Crippen molar-refractivity contribution in [1.29, 1.82) is 0 Å². The Hall–Kier alpha value is -6.24. The molecule has 2 aliphatic rings. The molecule has 0 amide bonds. The molecule has 1 atom stereocenters. The van der Waals surface area contributed by atoms with Crippen LogP contribution in [0.1, 0.15) is 181 Å². The second-order valence-electron chi connectivity index (χ2n) is 17.2. The molecular weight excluding hydrogens is 853 g/mol. The molecule has 0 aromatic heterocycles. The first-order valence-corrected chi connectivity index (χ1v) is 26.5. The van der Waals surface area contributed by atoms with Crippen molar-refractivity contribution in [3.63, 3.8) is 0 Å². The molecule has 0 heteroatoms. The van der Waals surface area contributed by atoms with Crippen LogP contribution in [-0.2, 0) is 5.41 Å². The minimum absolute atomic E-state index is 0.0781. The first-order chi connectivity index (χ1) is 34.2. The summed E-state index contributed by atoms with van der Waals surface area (Å²) in [7, 11) is 0. The molecule has 0 bridgehead atoms. The van der Waals surface area contributed by atoms with Gasteiger partial charge in [-0.1, -0.05) is 260 Å². The van der Waals surface area contributed by atoms with Gasteiger partial charge in [-0.25, -0.2) is 0 Å². The third-order valence-corrected chi connectivity index (χ3v) is 12.8. The van der Waals surface area contributed by atoms with Gasteiger partial charge in [0.2, 0.25) is 0 Å².